The Morgan fingerprint density at radius 1 is 0.958 bits per heavy atom. The van der Waals surface area contributed by atoms with Gasteiger partial charge in [0.2, 0.25) is 5.91 Å². The summed E-state index contributed by atoms with van der Waals surface area (Å²) in [6, 6.07) is 21.5. The summed E-state index contributed by atoms with van der Waals surface area (Å²) in [7, 11) is 0. The molecule has 0 saturated heterocycles. The van der Waals surface area contributed by atoms with E-state index in [0.29, 0.717) is 26.0 Å². The van der Waals surface area contributed by atoms with Gasteiger partial charge in [-0.3, -0.25) is 9.78 Å². The van der Waals surface area contributed by atoms with Gasteiger partial charge < -0.3 is 10.1 Å². The third-order valence-electron chi connectivity index (χ3n) is 3.68. The molecule has 4 heteroatoms. The molecule has 1 aromatic heterocycles. The highest BCUT2D eigenvalue weighted by Gasteiger charge is 2.03. The zero-order valence-electron chi connectivity index (χ0n) is 13.4. The molecule has 0 spiro atoms. The molecule has 1 amide bonds. The first-order chi connectivity index (χ1) is 11.8. The van der Waals surface area contributed by atoms with Crippen molar-refractivity contribution < 1.29 is 9.53 Å². The largest absolute Gasteiger partial charge is 0.494 e. The topological polar surface area (TPSA) is 51.2 Å². The van der Waals surface area contributed by atoms with E-state index in [0.717, 1.165) is 22.3 Å². The van der Waals surface area contributed by atoms with Crippen molar-refractivity contribution in [3.05, 3.63) is 72.4 Å². The van der Waals surface area contributed by atoms with E-state index >= 15 is 0 Å². The fraction of sp³-hybridized carbons (Fsp3) is 0.200. The number of pyridine rings is 1. The Labute approximate surface area is 141 Å². The van der Waals surface area contributed by atoms with Gasteiger partial charge in [0.25, 0.3) is 0 Å². The summed E-state index contributed by atoms with van der Waals surface area (Å²) in [5.74, 6) is 0.847. The van der Waals surface area contributed by atoms with Crippen LogP contribution in [0.4, 0.5) is 0 Å². The van der Waals surface area contributed by atoms with Gasteiger partial charge in [0, 0.05) is 11.8 Å². The second kappa shape index (κ2) is 8.11. The van der Waals surface area contributed by atoms with Crippen molar-refractivity contribution in [3.63, 3.8) is 0 Å². The first kappa shape index (κ1) is 16.0. The van der Waals surface area contributed by atoms with Crippen LogP contribution in [-0.4, -0.2) is 17.5 Å². The number of ether oxygens (including phenoxy) is 1. The molecule has 3 rings (SSSR count). The predicted octanol–water partition coefficient (Wildman–Crippen LogP) is 3.71. The Morgan fingerprint density at radius 2 is 1.75 bits per heavy atom. The van der Waals surface area contributed by atoms with Crippen LogP contribution >= 0.6 is 0 Å². The van der Waals surface area contributed by atoms with E-state index < -0.39 is 0 Å². The monoisotopic (exact) mass is 320 g/mol. The molecule has 24 heavy (non-hydrogen) atoms. The van der Waals surface area contributed by atoms with E-state index in [2.05, 4.69) is 10.3 Å². The summed E-state index contributed by atoms with van der Waals surface area (Å²) in [5, 5.41) is 4.01. The van der Waals surface area contributed by atoms with E-state index in [4.69, 9.17) is 4.74 Å². The maximum absolute atomic E-state index is 11.9. The zero-order chi connectivity index (χ0) is 16.6. The molecule has 4 nitrogen and oxygen atoms in total. The molecule has 0 bridgehead atoms. The molecule has 0 fully saturated rings. The molecule has 0 saturated carbocycles. The van der Waals surface area contributed by atoms with Crippen LogP contribution in [0.25, 0.3) is 10.9 Å². The smallest absolute Gasteiger partial charge is 0.220 e. The summed E-state index contributed by atoms with van der Waals surface area (Å²) in [5.41, 5.74) is 1.81. The van der Waals surface area contributed by atoms with Gasteiger partial charge in [0.05, 0.1) is 24.4 Å². The molecular formula is C20H20N2O2. The molecular weight excluding hydrogens is 300 g/mol. The van der Waals surface area contributed by atoms with Gasteiger partial charge in [-0.05, 0) is 30.7 Å². The number of carbonyl (C=O) groups is 1. The zero-order valence-corrected chi connectivity index (χ0v) is 13.4. The Bertz CT molecular complexity index is 803. The summed E-state index contributed by atoms with van der Waals surface area (Å²) < 4.78 is 5.58. The van der Waals surface area contributed by atoms with Gasteiger partial charge in [-0.2, -0.15) is 0 Å². The average Bonchev–Trinajstić information content (AvgIpc) is 2.64. The van der Waals surface area contributed by atoms with Crippen molar-refractivity contribution in [3.8, 4) is 5.75 Å². The van der Waals surface area contributed by atoms with Gasteiger partial charge in [-0.25, -0.2) is 0 Å². The van der Waals surface area contributed by atoms with Crippen LogP contribution in [0.5, 0.6) is 5.75 Å². The van der Waals surface area contributed by atoms with Gasteiger partial charge in [0.15, 0.2) is 0 Å². The second-order valence-electron chi connectivity index (χ2n) is 5.54. The third-order valence-corrected chi connectivity index (χ3v) is 3.68. The number of hydrogen-bond donors (Lipinski definition) is 1. The Kier molecular flexibility index (Phi) is 5.40. The summed E-state index contributed by atoms with van der Waals surface area (Å²) in [6.07, 6.45) is 1.13. The number of para-hydroxylation sites is 2. The maximum atomic E-state index is 11.9. The summed E-state index contributed by atoms with van der Waals surface area (Å²) >= 11 is 0. The minimum absolute atomic E-state index is 0.0154. The van der Waals surface area contributed by atoms with Gasteiger partial charge >= 0.3 is 0 Å². The highest BCUT2D eigenvalue weighted by atomic mass is 16.5. The van der Waals surface area contributed by atoms with E-state index in [-0.39, 0.29) is 5.91 Å². The standard InChI is InChI=1S/C20H20N2O2/c23-20(11-6-14-24-18-8-2-1-3-9-18)21-15-17-13-12-16-7-4-5-10-19(16)22-17/h1-5,7-10,12-13H,6,11,14-15H2,(H,21,23). The molecule has 0 atom stereocenters. The molecule has 0 aliphatic carbocycles. The van der Waals surface area contributed by atoms with E-state index in [9.17, 15) is 4.79 Å². The van der Waals surface area contributed by atoms with Crippen LogP contribution < -0.4 is 10.1 Å². The molecule has 0 radical (unpaired) electrons. The number of carbonyl (C=O) groups excluding carboxylic acids is 1. The van der Waals surface area contributed by atoms with E-state index in [1.165, 1.54) is 0 Å². The van der Waals surface area contributed by atoms with Crippen LogP contribution in [0.2, 0.25) is 0 Å². The third kappa shape index (κ3) is 4.56. The molecule has 0 unspecified atom stereocenters. The van der Waals surface area contributed by atoms with Crippen molar-refractivity contribution >= 4 is 16.8 Å². The van der Waals surface area contributed by atoms with Crippen LogP contribution in [0.1, 0.15) is 18.5 Å². The quantitative estimate of drug-likeness (QED) is 0.675. The highest BCUT2D eigenvalue weighted by Crippen LogP contribution is 2.12. The van der Waals surface area contributed by atoms with Crippen LogP contribution in [0, 0.1) is 0 Å². The number of nitrogens with zero attached hydrogens (tertiary/aromatic N) is 1. The minimum atomic E-state index is 0.0154. The molecule has 1 heterocycles. The van der Waals surface area contributed by atoms with Crippen LogP contribution in [-0.2, 0) is 11.3 Å². The summed E-state index contributed by atoms with van der Waals surface area (Å²) in [4.78, 5) is 16.4. The SMILES string of the molecule is O=C(CCCOc1ccccc1)NCc1ccc2ccccc2n1. The molecule has 1 N–H and O–H groups in total. The molecule has 0 aliphatic rings. The van der Waals surface area contributed by atoms with E-state index in [1.807, 2.05) is 66.7 Å². The highest BCUT2D eigenvalue weighted by molar-refractivity contribution is 5.78. The fourth-order valence-corrected chi connectivity index (χ4v) is 2.42. The maximum Gasteiger partial charge on any atom is 0.220 e. The number of hydrogen-bond acceptors (Lipinski definition) is 3. The number of benzene rings is 2. The minimum Gasteiger partial charge on any atom is -0.494 e. The Balaban J connectivity index is 1.40. The number of rotatable bonds is 7. The number of amides is 1. The first-order valence-corrected chi connectivity index (χ1v) is 8.10. The van der Waals surface area contributed by atoms with Crippen LogP contribution in [0.15, 0.2) is 66.7 Å². The Morgan fingerprint density at radius 3 is 2.62 bits per heavy atom. The number of aromatic nitrogens is 1. The average molecular weight is 320 g/mol. The van der Waals surface area contributed by atoms with Crippen molar-refractivity contribution in [2.24, 2.45) is 0 Å². The lowest BCUT2D eigenvalue weighted by molar-refractivity contribution is -0.121. The van der Waals surface area contributed by atoms with Crippen molar-refractivity contribution in [2.75, 3.05) is 6.61 Å². The predicted molar refractivity (Wildman–Crippen MR) is 94.8 cm³/mol. The van der Waals surface area contributed by atoms with Crippen LogP contribution in [0.3, 0.4) is 0 Å². The normalized spacial score (nSPS) is 10.5. The van der Waals surface area contributed by atoms with E-state index in [1.54, 1.807) is 0 Å². The van der Waals surface area contributed by atoms with Gasteiger partial charge in [-0.15, -0.1) is 0 Å². The van der Waals surface area contributed by atoms with Crippen molar-refractivity contribution in [1.29, 1.82) is 0 Å². The number of nitrogens with one attached hydrogen (secondary N) is 1. The molecule has 122 valence electrons. The molecule has 2 aromatic carbocycles. The lowest BCUT2D eigenvalue weighted by atomic mass is 10.2. The fourth-order valence-electron chi connectivity index (χ4n) is 2.42. The molecule has 0 aliphatic heterocycles. The second-order valence-corrected chi connectivity index (χ2v) is 5.54. The first-order valence-electron chi connectivity index (χ1n) is 8.10. The number of fused-ring (bicyclic) bond motifs is 1. The molecule has 3 aromatic rings. The van der Waals surface area contributed by atoms with Crippen molar-refractivity contribution in [2.45, 2.75) is 19.4 Å². The Hall–Kier alpha value is -2.88. The van der Waals surface area contributed by atoms with Crippen molar-refractivity contribution in [1.82, 2.24) is 10.3 Å². The van der Waals surface area contributed by atoms with Gasteiger partial charge in [-0.1, -0.05) is 42.5 Å². The van der Waals surface area contributed by atoms with Gasteiger partial charge in [0.1, 0.15) is 5.75 Å². The lowest BCUT2D eigenvalue weighted by Crippen LogP contribution is -2.23. The summed E-state index contributed by atoms with van der Waals surface area (Å²) in [6.45, 7) is 0.981. The lowest BCUT2D eigenvalue weighted by Gasteiger charge is -2.07.